The van der Waals surface area contributed by atoms with E-state index in [4.69, 9.17) is 40.8 Å². The second kappa shape index (κ2) is 18.6. The summed E-state index contributed by atoms with van der Waals surface area (Å²) in [6.45, 7) is 0.936. The number of benzene rings is 1. The lowest BCUT2D eigenvalue weighted by Gasteiger charge is -2.34. The van der Waals surface area contributed by atoms with Crippen LogP contribution in [-0.2, 0) is 30.5 Å². The molecule has 0 radical (unpaired) electrons. The van der Waals surface area contributed by atoms with E-state index in [1.54, 1.807) is 6.07 Å². The topological polar surface area (TPSA) is 246 Å². The van der Waals surface area contributed by atoms with Crippen LogP contribution in [0.1, 0.15) is 52.2 Å². The number of carbonyl (C=O) groups excluding carboxylic acids is 2. The van der Waals surface area contributed by atoms with Gasteiger partial charge in [-0.15, -0.1) is 11.3 Å². The summed E-state index contributed by atoms with van der Waals surface area (Å²) in [5.41, 5.74) is 5.49. The van der Waals surface area contributed by atoms with Crippen LogP contribution in [0.15, 0.2) is 30.3 Å². The van der Waals surface area contributed by atoms with Crippen LogP contribution in [-0.4, -0.2) is 91.7 Å². The van der Waals surface area contributed by atoms with Crippen molar-refractivity contribution in [1.29, 1.82) is 5.41 Å². The number of alkyl halides is 6. The molecule has 2 atom stereocenters. The monoisotopic (exact) mass is 747 g/mol. The molecule has 0 bridgehead atoms. The number of hydrogen-bond acceptors (Lipinski definition) is 10. The fourth-order valence-corrected chi connectivity index (χ4v) is 4.97. The maximum Gasteiger partial charge on any atom is 0.490 e. The van der Waals surface area contributed by atoms with Gasteiger partial charge in [0.25, 0.3) is 0 Å². The number of carboxylic acid groups (broad SMARTS) is 4. The molecule has 0 aliphatic carbocycles. The van der Waals surface area contributed by atoms with Crippen LogP contribution in [0.3, 0.4) is 0 Å². The molecular weight excluding hydrogens is 719 g/mol. The van der Waals surface area contributed by atoms with Gasteiger partial charge in [-0.1, -0.05) is 6.42 Å². The van der Waals surface area contributed by atoms with E-state index in [0.29, 0.717) is 19.5 Å². The van der Waals surface area contributed by atoms with E-state index in [1.165, 1.54) is 18.2 Å². The molecule has 22 heteroatoms. The molecule has 0 spiro atoms. The molecule has 2 aromatic rings. The SMILES string of the molecule is N=C(N)c1ccc(OC(=O)c2ccc(CN3CCCC[C@H]3C(=O)C[C@@H](CC(=O)O)C(=O)O)s2)c(F)c1.O=C(O)C(F)(F)F.O=C(O)C(F)(F)F. The Morgan fingerprint density at radius 2 is 1.48 bits per heavy atom. The Labute approximate surface area is 280 Å². The maximum atomic E-state index is 14.2. The molecule has 1 saturated heterocycles. The van der Waals surface area contributed by atoms with Gasteiger partial charge in [0.15, 0.2) is 17.3 Å². The van der Waals surface area contributed by atoms with Crippen molar-refractivity contribution in [3.05, 3.63) is 51.5 Å². The van der Waals surface area contributed by atoms with E-state index in [1.807, 2.05) is 4.90 Å². The van der Waals surface area contributed by atoms with Crippen molar-refractivity contribution in [2.75, 3.05) is 6.54 Å². The number of amidine groups is 1. The Morgan fingerprint density at radius 1 is 0.920 bits per heavy atom. The largest absolute Gasteiger partial charge is 0.490 e. The van der Waals surface area contributed by atoms with Crippen LogP contribution >= 0.6 is 11.3 Å². The van der Waals surface area contributed by atoms with Crippen molar-refractivity contribution in [2.45, 2.75) is 57.0 Å². The highest BCUT2D eigenvalue weighted by Gasteiger charge is 2.39. The minimum Gasteiger partial charge on any atom is -0.481 e. The van der Waals surface area contributed by atoms with Gasteiger partial charge in [-0.3, -0.25) is 24.7 Å². The number of nitrogens with one attached hydrogen (secondary N) is 1. The van der Waals surface area contributed by atoms with E-state index in [9.17, 15) is 55.0 Å². The molecule has 0 unspecified atom stereocenters. The number of carbonyl (C=O) groups is 6. The van der Waals surface area contributed by atoms with Gasteiger partial charge in [0.1, 0.15) is 10.7 Å². The summed E-state index contributed by atoms with van der Waals surface area (Å²) < 4.78 is 82.8. The Bertz CT molecular complexity index is 1550. The number of hydrogen-bond donors (Lipinski definition) is 6. The van der Waals surface area contributed by atoms with Gasteiger partial charge in [0.05, 0.1) is 18.4 Å². The molecule has 1 aliphatic rings. The van der Waals surface area contributed by atoms with Crippen molar-refractivity contribution in [3.8, 4) is 5.75 Å². The van der Waals surface area contributed by atoms with E-state index in [2.05, 4.69) is 0 Å². The number of ketones is 1. The number of aliphatic carboxylic acids is 4. The fourth-order valence-electron chi connectivity index (χ4n) is 4.06. The van der Waals surface area contributed by atoms with Crippen molar-refractivity contribution >= 4 is 52.8 Å². The van der Waals surface area contributed by atoms with Crippen molar-refractivity contribution in [1.82, 2.24) is 4.90 Å². The summed E-state index contributed by atoms with van der Waals surface area (Å²) in [4.78, 5) is 68.4. The van der Waals surface area contributed by atoms with Crippen molar-refractivity contribution in [2.24, 2.45) is 11.7 Å². The van der Waals surface area contributed by atoms with Gasteiger partial charge >= 0.3 is 42.2 Å². The Morgan fingerprint density at radius 3 is 1.94 bits per heavy atom. The summed E-state index contributed by atoms with van der Waals surface area (Å²) in [5.74, 6) is -11.9. The molecule has 14 nitrogen and oxygen atoms in total. The number of ether oxygens (including phenoxy) is 1. The number of likely N-dealkylation sites (tertiary alicyclic amines) is 1. The molecule has 1 fully saturated rings. The second-order valence-electron chi connectivity index (χ2n) is 10.1. The maximum absolute atomic E-state index is 14.2. The summed E-state index contributed by atoms with van der Waals surface area (Å²) in [6, 6.07) is 6.30. The van der Waals surface area contributed by atoms with Crippen LogP contribution in [0.2, 0.25) is 0 Å². The lowest BCUT2D eigenvalue weighted by molar-refractivity contribution is -0.193. The summed E-state index contributed by atoms with van der Waals surface area (Å²) in [6.07, 6.45) is -8.98. The summed E-state index contributed by atoms with van der Waals surface area (Å²) in [5, 5.41) is 39.8. The molecule has 1 aromatic heterocycles. The average molecular weight is 748 g/mol. The van der Waals surface area contributed by atoms with Crippen molar-refractivity contribution < 1.29 is 84.7 Å². The van der Waals surface area contributed by atoms with Crippen LogP contribution in [0.5, 0.6) is 5.75 Å². The highest BCUT2D eigenvalue weighted by Crippen LogP contribution is 2.27. The lowest BCUT2D eigenvalue weighted by Crippen LogP contribution is -2.45. The fraction of sp³-hybridized carbons (Fsp3) is 0.393. The molecule has 3 rings (SSSR count). The zero-order chi connectivity index (χ0) is 38.6. The quantitative estimate of drug-likeness (QED) is 0.0623. The molecule has 50 heavy (non-hydrogen) atoms. The highest BCUT2D eigenvalue weighted by atomic mass is 32.1. The van der Waals surface area contributed by atoms with E-state index < -0.39 is 66.4 Å². The predicted octanol–water partition coefficient (Wildman–Crippen LogP) is 4.15. The van der Waals surface area contributed by atoms with Crippen LogP contribution in [0, 0.1) is 17.1 Å². The Balaban J connectivity index is 0.000000748. The summed E-state index contributed by atoms with van der Waals surface area (Å²) >= 11 is 1.13. The third kappa shape index (κ3) is 14.6. The Kier molecular flexibility index (Phi) is 16.0. The van der Waals surface area contributed by atoms with E-state index in [-0.39, 0.29) is 34.2 Å². The van der Waals surface area contributed by atoms with Gasteiger partial charge in [0.2, 0.25) is 0 Å². The minimum atomic E-state index is -5.08. The molecule has 1 aromatic carbocycles. The minimum absolute atomic E-state index is 0.161. The number of halogens is 7. The van der Waals surface area contributed by atoms with E-state index in [0.717, 1.165) is 35.1 Å². The second-order valence-corrected chi connectivity index (χ2v) is 11.3. The standard InChI is InChI=1S/C24H26FN3O7S.2C2HF3O2/c25-16-9-13(22(26)27)4-6-19(16)35-24(34)20-7-5-15(36-20)12-28-8-2-1-3-17(28)18(29)10-14(23(32)33)11-21(30)31;2*3-2(4,5)1(6)7/h4-7,9,14,17H,1-3,8,10-12H2,(H3,26,27)(H,30,31)(H,32,33);2*(H,6,7)/t14-,17-;;/m0../s1. The molecule has 2 heterocycles. The van der Waals surface area contributed by atoms with Gasteiger partial charge in [-0.05, 0) is 49.7 Å². The van der Waals surface area contributed by atoms with Gasteiger partial charge in [0, 0.05) is 23.4 Å². The predicted molar refractivity (Wildman–Crippen MR) is 155 cm³/mol. The van der Waals surface area contributed by atoms with E-state index >= 15 is 0 Å². The van der Waals surface area contributed by atoms with Crippen LogP contribution in [0.25, 0.3) is 0 Å². The number of carboxylic acids is 4. The zero-order valence-corrected chi connectivity index (χ0v) is 26.0. The van der Waals surface area contributed by atoms with Crippen molar-refractivity contribution in [3.63, 3.8) is 0 Å². The third-order valence-corrected chi connectivity index (χ3v) is 7.41. The number of rotatable bonds is 11. The van der Waals surface area contributed by atoms with Gasteiger partial charge in [-0.25, -0.2) is 18.8 Å². The molecule has 0 saturated carbocycles. The third-order valence-electron chi connectivity index (χ3n) is 6.36. The first-order valence-electron chi connectivity index (χ1n) is 13.7. The zero-order valence-electron chi connectivity index (χ0n) is 25.2. The van der Waals surface area contributed by atoms with Crippen LogP contribution in [0.4, 0.5) is 30.7 Å². The normalized spacial score (nSPS) is 15.2. The number of thiophene rings is 1. The first-order chi connectivity index (χ1) is 22.9. The summed E-state index contributed by atoms with van der Waals surface area (Å²) in [7, 11) is 0. The molecule has 276 valence electrons. The number of Topliss-reactive ketones (excluding diaryl/α,β-unsaturated/α-hetero) is 1. The molecule has 1 aliphatic heterocycles. The smallest absolute Gasteiger partial charge is 0.481 e. The number of nitrogens with two attached hydrogens (primary N) is 1. The van der Waals surface area contributed by atoms with Crippen LogP contribution < -0.4 is 10.5 Å². The molecule has 0 amide bonds. The first-order valence-corrected chi connectivity index (χ1v) is 14.5. The lowest BCUT2D eigenvalue weighted by atomic mass is 9.90. The van der Waals surface area contributed by atoms with Gasteiger partial charge in [-0.2, -0.15) is 26.3 Å². The number of nitrogens with zero attached hydrogens (tertiary/aromatic N) is 1. The number of esters is 1. The number of nitrogen functional groups attached to an aromatic ring is 1. The van der Waals surface area contributed by atoms with Gasteiger partial charge < -0.3 is 30.9 Å². The average Bonchev–Trinajstić information content (AvgIpc) is 3.46. The molecule has 7 N–H and O–H groups in total. The highest BCUT2D eigenvalue weighted by molar-refractivity contribution is 7.13. The Hall–Kier alpha value is -5.12. The number of piperidine rings is 1. The molecular formula is C28H28F7N3O11S. The first kappa shape index (κ1) is 42.9.